The van der Waals surface area contributed by atoms with Crippen LogP contribution >= 0.6 is 0 Å². The normalized spacial score (nSPS) is 11.3. The first-order valence-electron chi connectivity index (χ1n) is 22.1. The fourth-order valence-electron chi connectivity index (χ4n) is 9.39. The van der Waals surface area contributed by atoms with Crippen molar-refractivity contribution in [1.82, 2.24) is 15.0 Å². The Balaban J connectivity index is 0.887. The van der Waals surface area contributed by atoms with Crippen molar-refractivity contribution >= 4 is 48.8 Å². The molecule has 4 nitrogen and oxygen atoms in total. The van der Waals surface area contributed by atoms with Crippen molar-refractivity contribution in [2.24, 2.45) is 0 Å². The van der Waals surface area contributed by atoms with Crippen LogP contribution in [0.1, 0.15) is 0 Å². The summed E-state index contributed by atoms with van der Waals surface area (Å²) in [6.45, 7) is 7.87. The van der Waals surface area contributed by atoms with Gasteiger partial charge in [0.05, 0.1) is 6.57 Å². The summed E-state index contributed by atoms with van der Waals surface area (Å²) in [5.74, 6) is 1.87. The van der Waals surface area contributed by atoms with Gasteiger partial charge >= 0.3 is 0 Å². The van der Waals surface area contributed by atoms with Crippen LogP contribution < -0.4 is 0 Å². The summed E-state index contributed by atoms with van der Waals surface area (Å²) in [5, 5.41) is 9.70. The van der Waals surface area contributed by atoms with E-state index in [4.69, 9.17) is 21.5 Å². The average molecular weight is 839 g/mol. The Bertz CT molecular complexity index is 3870. The molecule has 0 N–H and O–H groups in total. The Morgan fingerprint density at radius 1 is 0.273 bits per heavy atom. The largest absolute Gasteiger partial charge is 0.238 e. The lowest BCUT2D eigenvalue weighted by atomic mass is 9.90. The van der Waals surface area contributed by atoms with Crippen LogP contribution in [-0.4, -0.2) is 15.0 Å². The van der Waals surface area contributed by atoms with Crippen molar-refractivity contribution < 1.29 is 0 Å². The van der Waals surface area contributed by atoms with Gasteiger partial charge in [-0.15, -0.1) is 0 Å². The number of rotatable bonds is 7. The van der Waals surface area contributed by atoms with Crippen LogP contribution in [0.5, 0.6) is 0 Å². The fourth-order valence-corrected chi connectivity index (χ4v) is 9.39. The Morgan fingerprint density at radius 3 is 1.52 bits per heavy atom. The van der Waals surface area contributed by atoms with E-state index in [9.17, 15) is 0 Å². The zero-order chi connectivity index (χ0) is 44.0. The highest BCUT2D eigenvalue weighted by molar-refractivity contribution is 6.14. The molecule has 0 aliphatic carbocycles. The third kappa shape index (κ3) is 7.02. The van der Waals surface area contributed by atoms with Crippen LogP contribution in [0.4, 0.5) is 5.69 Å². The molecule has 0 saturated carbocycles. The monoisotopic (exact) mass is 838 g/mol. The van der Waals surface area contributed by atoms with Crippen molar-refractivity contribution in [3.63, 3.8) is 0 Å². The van der Waals surface area contributed by atoms with Gasteiger partial charge in [-0.1, -0.05) is 212 Å². The zero-order valence-corrected chi connectivity index (χ0v) is 35.7. The minimum atomic E-state index is 0.608. The first-order chi connectivity index (χ1) is 32.6. The van der Waals surface area contributed by atoms with Crippen LogP contribution in [0.2, 0.25) is 0 Å². The lowest BCUT2D eigenvalue weighted by Gasteiger charge is -2.14. The predicted molar refractivity (Wildman–Crippen MR) is 274 cm³/mol. The van der Waals surface area contributed by atoms with Gasteiger partial charge in [0.1, 0.15) is 0 Å². The smallest absolute Gasteiger partial charge is 0.187 e. The molecule has 0 radical (unpaired) electrons. The highest BCUT2D eigenvalue weighted by Gasteiger charge is 2.16. The number of benzene rings is 11. The topological polar surface area (TPSA) is 43.0 Å². The number of aromatic nitrogens is 3. The van der Waals surface area contributed by atoms with Gasteiger partial charge < -0.3 is 0 Å². The van der Waals surface area contributed by atoms with E-state index in [1.807, 2.05) is 42.5 Å². The predicted octanol–water partition coefficient (Wildman–Crippen LogP) is 16.7. The minimum absolute atomic E-state index is 0.608. The summed E-state index contributed by atoms with van der Waals surface area (Å²) in [4.78, 5) is 19.0. The van der Waals surface area contributed by atoms with E-state index in [1.165, 1.54) is 48.7 Å². The highest BCUT2D eigenvalue weighted by atomic mass is 15.0. The SMILES string of the molecule is [C-]#[N+]c1ccc(-c2cccc(-c3ccc(-c4nc(-c5ccccc5)nc(-c5ccc6ccc7ccccc7c6c5)n4)cc3)c2)c(-c2ccc(-c3cccc4ccc5ccccc5c34)cc2)c1. The molecule has 306 valence electrons. The first-order valence-corrected chi connectivity index (χ1v) is 22.1. The summed E-state index contributed by atoms with van der Waals surface area (Å²) in [5.41, 5.74) is 12.1. The molecule has 1 aromatic heterocycles. The van der Waals surface area contributed by atoms with Crippen molar-refractivity contribution in [2.75, 3.05) is 0 Å². The number of fused-ring (bicyclic) bond motifs is 6. The second kappa shape index (κ2) is 16.3. The highest BCUT2D eigenvalue weighted by Crippen LogP contribution is 2.40. The van der Waals surface area contributed by atoms with Crippen LogP contribution in [0.3, 0.4) is 0 Å². The quantitative estimate of drug-likeness (QED) is 0.119. The van der Waals surface area contributed by atoms with Crippen LogP contribution in [-0.2, 0) is 0 Å². The molecule has 12 aromatic rings. The third-order valence-corrected chi connectivity index (χ3v) is 12.7. The Hall–Kier alpha value is -9.04. The molecule has 0 bridgehead atoms. The summed E-state index contributed by atoms with van der Waals surface area (Å²) >= 11 is 0. The van der Waals surface area contributed by atoms with Crippen LogP contribution in [0, 0.1) is 6.57 Å². The molecule has 12 rings (SSSR count). The molecule has 0 fully saturated rings. The maximum Gasteiger partial charge on any atom is 0.187 e. The molecule has 0 aliphatic heterocycles. The number of nitrogens with zero attached hydrogens (tertiary/aromatic N) is 4. The molecule has 0 aliphatic rings. The zero-order valence-electron chi connectivity index (χ0n) is 35.7. The van der Waals surface area contributed by atoms with Gasteiger partial charge in [-0.2, -0.15) is 0 Å². The third-order valence-electron chi connectivity index (χ3n) is 12.7. The molecule has 66 heavy (non-hydrogen) atoms. The van der Waals surface area contributed by atoms with E-state index in [-0.39, 0.29) is 0 Å². The number of hydrogen-bond acceptors (Lipinski definition) is 3. The van der Waals surface area contributed by atoms with Gasteiger partial charge in [-0.3, -0.25) is 0 Å². The van der Waals surface area contributed by atoms with Gasteiger partial charge in [-0.25, -0.2) is 19.8 Å². The minimum Gasteiger partial charge on any atom is -0.238 e. The molecule has 4 heteroatoms. The van der Waals surface area contributed by atoms with Crippen molar-refractivity contribution in [3.8, 4) is 78.7 Å². The molecular weight excluding hydrogens is 801 g/mol. The Morgan fingerprint density at radius 2 is 0.773 bits per heavy atom. The van der Waals surface area contributed by atoms with Crippen molar-refractivity contribution in [1.29, 1.82) is 0 Å². The van der Waals surface area contributed by atoms with Crippen LogP contribution in [0.25, 0.3) is 127 Å². The van der Waals surface area contributed by atoms with Crippen molar-refractivity contribution in [2.45, 2.75) is 0 Å². The van der Waals surface area contributed by atoms with E-state index < -0.39 is 0 Å². The van der Waals surface area contributed by atoms with Crippen molar-refractivity contribution in [3.05, 3.63) is 242 Å². The summed E-state index contributed by atoms with van der Waals surface area (Å²) in [6, 6.07) is 80.8. The van der Waals surface area contributed by atoms with Gasteiger partial charge in [0.25, 0.3) is 0 Å². The first kappa shape index (κ1) is 38.6. The second-order valence-electron chi connectivity index (χ2n) is 16.7. The van der Waals surface area contributed by atoms with E-state index in [0.29, 0.717) is 23.2 Å². The molecule has 0 amide bonds. The molecule has 0 saturated heterocycles. The molecule has 0 spiro atoms. The molecular formula is C62H38N4. The van der Waals surface area contributed by atoms with Gasteiger partial charge in [0, 0.05) is 16.7 Å². The van der Waals surface area contributed by atoms with Gasteiger partial charge in [0.2, 0.25) is 0 Å². The summed E-state index contributed by atoms with van der Waals surface area (Å²) in [7, 11) is 0. The number of hydrogen-bond donors (Lipinski definition) is 0. The molecule has 11 aromatic carbocycles. The summed E-state index contributed by atoms with van der Waals surface area (Å²) in [6.07, 6.45) is 0. The van der Waals surface area contributed by atoms with E-state index >= 15 is 0 Å². The summed E-state index contributed by atoms with van der Waals surface area (Å²) < 4.78 is 0. The van der Waals surface area contributed by atoms with E-state index in [0.717, 1.165) is 55.6 Å². The Labute approximate surface area is 382 Å². The van der Waals surface area contributed by atoms with Crippen LogP contribution in [0.15, 0.2) is 231 Å². The lowest BCUT2D eigenvalue weighted by molar-refractivity contribution is 1.07. The molecule has 1 heterocycles. The molecule has 0 unspecified atom stereocenters. The van der Waals surface area contributed by atoms with Gasteiger partial charge in [0.15, 0.2) is 23.2 Å². The fraction of sp³-hybridized carbons (Fsp3) is 0. The lowest BCUT2D eigenvalue weighted by Crippen LogP contribution is -2.00. The van der Waals surface area contributed by atoms with E-state index in [2.05, 4.69) is 193 Å². The standard InChI is InChI=1S/C62H38N4/c1-63-52-35-36-54(58(39-52)45-27-24-43(25-28-45)56-20-10-15-46-31-29-42-12-6-8-19-55(42)59(46)56)50-17-9-16-49(37-50)40-21-32-48(33-22-40)61-64-60(47-13-3-2-4-14-47)65-62(66-61)51-34-30-44-26-23-41-11-5-7-18-53(41)57(44)38-51/h2-39H. The molecule has 0 atom stereocenters. The average Bonchev–Trinajstić information content (AvgIpc) is 3.40. The second-order valence-corrected chi connectivity index (χ2v) is 16.7. The maximum atomic E-state index is 7.87. The van der Waals surface area contributed by atoms with Gasteiger partial charge in [-0.05, 0) is 106 Å². The Kier molecular flexibility index (Phi) is 9.51. The van der Waals surface area contributed by atoms with E-state index in [1.54, 1.807) is 0 Å². The maximum absolute atomic E-state index is 7.87.